The highest BCUT2D eigenvalue weighted by Crippen LogP contribution is 2.35. The Morgan fingerprint density at radius 1 is 0.943 bits per heavy atom. The zero-order valence-corrected chi connectivity index (χ0v) is 19.9. The molecule has 3 aromatic carbocycles. The van der Waals surface area contributed by atoms with Crippen LogP contribution in [0.3, 0.4) is 0 Å². The number of hydrogen-bond acceptors (Lipinski definition) is 3. The molecule has 0 saturated carbocycles. The molecule has 1 N–H and O–H groups in total. The molecule has 2 aliphatic rings. The Bertz CT molecular complexity index is 1190. The zero-order chi connectivity index (χ0) is 24.4. The van der Waals surface area contributed by atoms with Gasteiger partial charge in [-0.3, -0.25) is 14.9 Å². The average Bonchev–Trinajstić information content (AvgIpc) is 3.11. The first kappa shape index (κ1) is 23.2. The first-order valence-corrected chi connectivity index (χ1v) is 12.2. The first-order valence-electron chi connectivity index (χ1n) is 12.2. The van der Waals surface area contributed by atoms with Crippen LogP contribution < -0.4 is 5.32 Å². The number of nitrogens with zero attached hydrogens (tertiary/aromatic N) is 2. The van der Waals surface area contributed by atoms with Crippen LogP contribution in [0.15, 0.2) is 78.9 Å². The van der Waals surface area contributed by atoms with Gasteiger partial charge in [0.1, 0.15) is 5.82 Å². The van der Waals surface area contributed by atoms with Gasteiger partial charge in [0.05, 0.1) is 11.7 Å². The van der Waals surface area contributed by atoms with Crippen molar-refractivity contribution in [3.8, 4) is 0 Å². The molecule has 2 heterocycles. The summed E-state index contributed by atoms with van der Waals surface area (Å²) >= 11 is 0. The molecule has 3 aromatic rings. The SMILES string of the molecule is Cc1ccc(C(=O)N2CCC3(CC2)NC(Cc2ccccc2)C(=O)N3Cc2ccc(F)cc2)cc1. The Balaban J connectivity index is 1.36. The lowest BCUT2D eigenvalue weighted by Crippen LogP contribution is -2.59. The lowest BCUT2D eigenvalue weighted by molar-refractivity contribution is -0.134. The number of nitrogens with one attached hydrogen (secondary N) is 1. The monoisotopic (exact) mass is 471 g/mol. The molecular weight excluding hydrogens is 441 g/mol. The van der Waals surface area contributed by atoms with E-state index in [1.807, 2.05) is 71.3 Å². The molecular formula is C29H30FN3O2. The topological polar surface area (TPSA) is 52.7 Å². The highest BCUT2D eigenvalue weighted by molar-refractivity contribution is 5.94. The van der Waals surface area contributed by atoms with Crippen molar-refractivity contribution in [2.45, 2.75) is 44.4 Å². The van der Waals surface area contributed by atoms with Gasteiger partial charge in [-0.1, -0.05) is 60.2 Å². The van der Waals surface area contributed by atoms with Gasteiger partial charge in [0.2, 0.25) is 5.91 Å². The summed E-state index contributed by atoms with van der Waals surface area (Å²) in [6.45, 7) is 3.53. The van der Waals surface area contributed by atoms with Crippen molar-refractivity contribution in [2.24, 2.45) is 0 Å². The second-order valence-corrected chi connectivity index (χ2v) is 9.63. The summed E-state index contributed by atoms with van der Waals surface area (Å²) in [4.78, 5) is 30.5. The maximum absolute atomic E-state index is 13.6. The van der Waals surface area contributed by atoms with Crippen molar-refractivity contribution >= 4 is 11.8 Å². The number of amides is 2. The van der Waals surface area contributed by atoms with E-state index in [0.717, 1.165) is 16.7 Å². The van der Waals surface area contributed by atoms with Gasteiger partial charge in [0, 0.05) is 38.0 Å². The largest absolute Gasteiger partial charge is 0.338 e. The second kappa shape index (κ2) is 9.62. The number of carbonyl (C=O) groups is 2. The first-order chi connectivity index (χ1) is 16.9. The molecule has 0 radical (unpaired) electrons. The number of rotatable bonds is 5. The van der Waals surface area contributed by atoms with Gasteiger partial charge < -0.3 is 9.80 Å². The number of aryl methyl sites for hydroxylation is 1. The van der Waals surface area contributed by atoms with Gasteiger partial charge in [-0.2, -0.15) is 0 Å². The number of carbonyl (C=O) groups excluding carboxylic acids is 2. The fourth-order valence-corrected chi connectivity index (χ4v) is 5.23. The molecule has 2 saturated heterocycles. The predicted octanol–water partition coefficient (Wildman–Crippen LogP) is 4.31. The van der Waals surface area contributed by atoms with Crippen molar-refractivity contribution in [2.75, 3.05) is 13.1 Å². The van der Waals surface area contributed by atoms with E-state index in [9.17, 15) is 14.0 Å². The summed E-state index contributed by atoms with van der Waals surface area (Å²) in [5, 5.41) is 3.66. The quantitative estimate of drug-likeness (QED) is 0.603. The van der Waals surface area contributed by atoms with E-state index in [4.69, 9.17) is 0 Å². The third-order valence-corrected chi connectivity index (χ3v) is 7.24. The fourth-order valence-electron chi connectivity index (χ4n) is 5.23. The van der Waals surface area contributed by atoms with Crippen molar-refractivity contribution in [3.63, 3.8) is 0 Å². The number of piperidine rings is 1. The molecule has 2 fully saturated rings. The summed E-state index contributed by atoms with van der Waals surface area (Å²) in [5.41, 5.74) is 3.26. The van der Waals surface area contributed by atoms with E-state index in [-0.39, 0.29) is 23.7 Å². The Labute approximate surface area is 205 Å². The minimum atomic E-state index is -0.533. The van der Waals surface area contributed by atoms with Crippen LogP contribution in [0.2, 0.25) is 0 Å². The van der Waals surface area contributed by atoms with Crippen LogP contribution in [0.25, 0.3) is 0 Å². The van der Waals surface area contributed by atoms with Crippen LogP contribution in [0.1, 0.15) is 39.9 Å². The van der Waals surface area contributed by atoms with Crippen molar-refractivity contribution in [1.29, 1.82) is 0 Å². The maximum Gasteiger partial charge on any atom is 0.253 e. The minimum absolute atomic E-state index is 0.0232. The molecule has 180 valence electrons. The number of likely N-dealkylation sites (tertiary alicyclic amines) is 1. The summed E-state index contributed by atoms with van der Waals surface area (Å²) in [6.07, 6.45) is 1.89. The van der Waals surface area contributed by atoms with Crippen LogP contribution in [0.5, 0.6) is 0 Å². The smallest absolute Gasteiger partial charge is 0.253 e. The van der Waals surface area contributed by atoms with E-state index < -0.39 is 5.66 Å². The van der Waals surface area contributed by atoms with Gasteiger partial charge in [0.15, 0.2) is 0 Å². The van der Waals surface area contributed by atoms with E-state index in [1.54, 1.807) is 12.1 Å². The van der Waals surface area contributed by atoms with Crippen molar-refractivity contribution < 1.29 is 14.0 Å². The van der Waals surface area contributed by atoms with Gasteiger partial charge in [-0.15, -0.1) is 0 Å². The molecule has 0 aliphatic carbocycles. The Morgan fingerprint density at radius 3 is 2.26 bits per heavy atom. The fraction of sp³-hybridized carbons (Fsp3) is 0.310. The van der Waals surface area contributed by atoms with Gasteiger partial charge in [0.25, 0.3) is 5.91 Å². The third kappa shape index (κ3) is 4.84. The zero-order valence-electron chi connectivity index (χ0n) is 19.9. The molecule has 1 spiro atoms. The molecule has 0 bridgehead atoms. The standard InChI is InChI=1S/C29H30FN3O2/c1-21-7-11-24(12-8-21)27(34)32-17-15-29(16-18-32)31-26(19-22-5-3-2-4-6-22)28(35)33(29)20-23-9-13-25(30)14-10-23/h2-14,26,31H,15-20H2,1H3. The predicted molar refractivity (Wildman–Crippen MR) is 133 cm³/mol. The molecule has 1 unspecified atom stereocenters. The summed E-state index contributed by atoms with van der Waals surface area (Å²) in [6, 6.07) is 23.6. The molecule has 0 aromatic heterocycles. The summed E-state index contributed by atoms with van der Waals surface area (Å²) in [5.74, 6) is -0.217. The molecule has 2 aliphatic heterocycles. The van der Waals surface area contributed by atoms with E-state index in [0.29, 0.717) is 44.5 Å². The molecule has 1 atom stereocenters. The van der Waals surface area contributed by atoms with Crippen LogP contribution in [0.4, 0.5) is 4.39 Å². The Kier molecular flexibility index (Phi) is 6.39. The van der Waals surface area contributed by atoms with Crippen molar-refractivity contribution in [3.05, 3.63) is 107 Å². The van der Waals surface area contributed by atoms with Crippen molar-refractivity contribution in [1.82, 2.24) is 15.1 Å². The van der Waals surface area contributed by atoms with E-state index >= 15 is 0 Å². The maximum atomic E-state index is 13.6. The molecule has 6 heteroatoms. The van der Waals surface area contributed by atoms with E-state index in [1.165, 1.54) is 12.1 Å². The lowest BCUT2D eigenvalue weighted by Gasteiger charge is -2.44. The van der Waals surface area contributed by atoms with Crippen LogP contribution in [-0.2, 0) is 17.8 Å². The Hall–Kier alpha value is -3.51. The highest BCUT2D eigenvalue weighted by atomic mass is 19.1. The lowest BCUT2D eigenvalue weighted by atomic mass is 9.94. The van der Waals surface area contributed by atoms with Gasteiger partial charge in [-0.05, 0) is 48.7 Å². The number of halogens is 1. The third-order valence-electron chi connectivity index (χ3n) is 7.24. The highest BCUT2D eigenvalue weighted by Gasteiger charge is 2.51. The number of benzene rings is 3. The molecule has 35 heavy (non-hydrogen) atoms. The van der Waals surface area contributed by atoms with E-state index in [2.05, 4.69) is 5.32 Å². The van der Waals surface area contributed by atoms with Gasteiger partial charge >= 0.3 is 0 Å². The Morgan fingerprint density at radius 2 is 1.60 bits per heavy atom. The minimum Gasteiger partial charge on any atom is -0.338 e. The molecule has 5 rings (SSSR count). The second-order valence-electron chi connectivity index (χ2n) is 9.63. The van der Waals surface area contributed by atoms with Crippen LogP contribution >= 0.6 is 0 Å². The normalized spacial score (nSPS) is 19.4. The summed E-state index contributed by atoms with van der Waals surface area (Å²) in [7, 11) is 0. The van der Waals surface area contributed by atoms with Crippen LogP contribution in [0, 0.1) is 12.7 Å². The van der Waals surface area contributed by atoms with Gasteiger partial charge in [-0.25, -0.2) is 4.39 Å². The summed E-state index contributed by atoms with van der Waals surface area (Å²) < 4.78 is 13.5. The molecule has 2 amide bonds. The number of hydrogen-bond donors (Lipinski definition) is 1. The van der Waals surface area contributed by atoms with Crippen LogP contribution in [-0.4, -0.2) is 46.4 Å². The average molecular weight is 472 g/mol. The molecule has 5 nitrogen and oxygen atoms in total.